The number of hydrogen-bond donors (Lipinski definition) is 0. The van der Waals surface area contributed by atoms with Crippen LogP contribution >= 0.6 is 0 Å². The average molecular weight is 183 g/mol. The van der Waals surface area contributed by atoms with Crippen LogP contribution in [0.4, 0.5) is 0 Å². The van der Waals surface area contributed by atoms with Crippen LogP contribution in [-0.4, -0.2) is 49.3 Å². The maximum absolute atomic E-state index is 11.5. The lowest BCUT2D eigenvalue weighted by Gasteiger charge is -2.29. The minimum atomic E-state index is 0.0969. The van der Waals surface area contributed by atoms with Gasteiger partial charge in [0.05, 0.1) is 0 Å². The summed E-state index contributed by atoms with van der Waals surface area (Å²) in [5.41, 5.74) is 0. The highest BCUT2D eigenvalue weighted by Crippen LogP contribution is 2.17. The van der Waals surface area contributed by atoms with E-state index in [0.717, 1.165) is 12.8 Å². The van der Waals surface area contributed by atoms with E-state index in [1.165, 1.54) is 0 Å². The number of carbonyl (C=O) groups excluding carboxylic acids is 2. The van der Waals surface area contributed by atoms with Crippen molar-refractivity contribution in [1.29, 1.82) is 0 Å². The first-order valence-corrected chi connectivity index (χ1v) is 4.49. The molecule has 0 bridgehead atoms. The molecule has 0 aromatic heterocycles. The second-order valence-electron chi connectivity index (χ2n) is 3.59. The molecule has 1 saturated heterocycles. The van der Waals surface area contributed by atoms with Crippen LogP contribution in [0.3, 0.4) is 0 Å². The predicted molar refractivity (Wildman–Crippen MR) is 48.7 cm³/mol. The molecule has 4 nitrogen and oxygen atoms in total. The normalized spacial score (nSPS) is 18.5. The summed E-state index contributed by atoms with van der Waals surface area (Å²) >= 11 is 0. The molecule has 0 unspecified atom stereocenters. The Kier molecular flexibility index (Phi) is 3.28. The summed E-state index contributed by atoms with van der Waals surface area (Å²) in [6.07, 6.45) is 3.39. The predicted octanol–water partition coefficient (Wildman–Crippen LogP) is -0.146. The standard InChI is InChI=1S/C9H15N2O2/c1-10(2)9(13)8-3-5-11(7-12)6-4-8/h8H,3-6H2,1-2H3. The third kappa shape index (κ3) is 2.44. The smallest absolute Gasteiger partial charge is 0.312 e. The Bertz CT molecular complexity index is 196. The Balaban J connectivity index is 2.40. The van der Waals surface area contributed by atoms with Gasteiger partial charge in [0.2, 0.25) is 5.91 Å². The van der Waals surface area contributed by atoms with Crippen molar-refractivity contribution in [3.05, 3.63) is 0 Å². The van der Waals surface area contributed by atoms with Crippen LogP contribution in [0.2, 0.25) is 0 Å². The van der Waals surface area contributed by atoms with Crippen molar-refractivity contribution in [2.45, 2.75) is 12.8 Å². The number of amides is 2. The molecule has 1 rings (SSSR count). The molecular formula is C9H15N2O2. The minimum Gasteiger partial charge on any atom is -0.349 e. The second kappa shape index (κ2) is 4.25. The number of rotatable bonds is 2. The molecule has 1 radical (unpaired) electrons. The quantitative estimate of drug-likeness (QED) is 0.597. The van der Waals surface area contributed by atoms with Crippen LogP contribution in [-0.2, 0) is 9.59 Å². The number of hydrogen-bond acceptors (Lipinski definition) is 2. The van der Waals surface area contributed by atoms with E-state index >= 15 is 0 Å². The molecule has 0 aromatic rings. The van der Waals surface area contributed by atoms with Gasteiger partial charge in [-0.25, -0.2) is 0 Å². The molecule has 0 atom stereocenters. The lowest BCUT2D eigenvalue weighted by molar-refractivity contribution is -0.134. The minimum absolute atomic E-state index is 0.0969. The van der Waals surface area contributed by atoms with Gasteiger partial charge in [-0.1, -0.05) is 0 Å². The topological polar surface area (TPSA) is 40.6 Å². The van der Waals surface area contributed by atoms with Gasteiger partial charge in [0.25, 0.3) is 0 Å². The fourth-order valence-electron chi connectivity index (χ4n) is 1.58. The Labute approximate surface area is 78.5 Å². The van der Waals surface area contributed by atoms with E-state index in [2.05, 4.69) is 0 Å². The zero-order chi connectivity index (χ0) is 9.84. The van der Waals surface area contributed by atoms with E-state index in [-0.39, 0.29) is 11.8 Å². The van der Waals surface area contributed by atoms with Gasteiger partial charge in [0.15, 0.2) is 0 Å². The van der Waals surface area contributed by atoms with E-state index < -0.39 is 0 Å². The molecule has 0 spiro atoms. The molecule has 2 amide bonds. The highest BCUT2D eigenvalue weighted by molar-refractivity contribution is 5.78. The van der Waals surface area contributed by atoms with Crippen LogP contribution in [0.15, 0.2) is 0 Å². The first-order valence-electron chi connectivity index (χ1n) is 4.49. The second-order valence-corrected chi connectivity index (χ2v) is 3.59. The monoisotopic (exact) mass is 183 g/mol. The van der Waals surface area contributed by atoms with Gasteiger partial charge < -0.3 is 9.80 Å². The number of piperidine rings is 1. The highest BCUT2D eigenvalue weighted by atomic mass is 16.2. The lowest BCUT2D eigenvalue weighted by Crippen LogP contribution is -2.39. The molecule has 1 heterocycles. The van der Waals surface area contributed by atoms with Gasteiger partial charge in [0.1, 0.15) is 0 Å². The summed E-state index contributed by atoms with van der Waals surface area (Å²) in [4.78, 5) is 25.0. The highest BCUT2D eigenvalue weighted by Gasteiger charge is 2.25. The summed E-state index contributed by atoms with van der Waals surface area (Å²) in [6, 6.07) is 0. The Morgan fingerprint density at radius 1 is 1.38 bits per heavy atom. The largest absolute Gasteiger partial charge is 0.349 e. The summed E-state index contributed by atoms with van der Waals surface area (Å²) < 4.78 is 0. The molecule has 0 aliphatic carbocycles. The van der Waals surface area contributed by atoms with Crippen molar-refractivity contribution in [2.75, 3.05) is 27.2 Å². The van der Waals surface area contributed by atoms with Crippen molar-refractivity contribution < 1.29 is 9.59 Å². The van der Waals surface area contributed by atoms with Crippen molar-refractivity contribution in [3.63, 3.8) is 0 Å². The van der Waals surface area contributed by atoms with E-state index in [4.69, 9.17) is 0 Å². The molecule has 0 N–H and O–H groups in total. The van der Waals surface area contributed by atoms with Gasteiger partial charge in [-0.2, -0.15) is 0 Å². The number of likely N-dealkylation sites (tertiary alicyclic amines) is 1. The van der Waals surface area contributed by atoms with E-state index in [0.29, 0.717) is 13.1 Å². The molecule has 0 saturated carbocycles. The van der Waals surface area contributed by atoms with Gasteiger partial charge in [-0.15, -0.1) is 0 Å². The fourth-order valence-corrected chi connectivity index (χ4v) is 1.58. The molecule has 73 valence electrons. The number of carbonyl (C=O) groups is 1. The molecular weight excluding hydrogens is 168 g/mol. The van der Waals surface area contributed by atoms with E-state index in [1.54, 1.807) is 23.9 Å². The maximum atomic E-state index is 11.5. The lowest BCUT2D eigenvalue weighted by atomic mass is 9.96. The first kappa shape index (κ1) is 10.0. The Morgan fingerprint density at radius 3 is 2.31 bits per heavy atom. The van der Waals surface area contributed by atoms with Crippen molar-refractivity contribution in [3.8, 4) is 0 Å². The molecule has 1 fully saturated rings. The van der Waals surface area contributed by atoms with E-state index in [9.17, 15) is 9.59 Å². The van der Waals surface area contributed by atoms with Crippen molar-refractivity contribution in [2.24, 2.45) is 5.92 Å². The first-order chi connectivity index (χ1) is 6.15. The SMILES string of the molecule is CN(C)C(=O)C1CCN([C]=O)CC1. The molecule has 13 heavy (non-hydrogen) atoms. The number of nitrogens with zero attached hydrogens (tertiary/aromatic N) is 2. The third-order valence-corrected chi connectivity index (χ3v) is 2.41. The van der Waals surface area contributed by atoms with Gasteiger partial charge in [-0.3, -0.25) is 9.59 Å². The Hall–Kier alpha value is -1.06. The zero-order valence-electron chi connectivity index (χ0n) is 8.12. The maximum Gasteiger partial charge on any atom is 0.312 e. The van der Waals surface area contributed by atoms with E-state index in [1.807, 2.05) is 6.41 Å². The van der Waals surface area contributed by atoms with Crippen LogP contribution in [0.1, 0.15) is 12.8 Å². The fraction of sp³-hybridized carbons (Fsp3) is 0.778. The average Bonchev–Trinajstić information content (AvgIpc) is 2.17. The van der Waals surface area contributed by atoms with Gasteiger partial charge in [-0.05, 0) is 12.8 Å². The van der Waals surface area contributed by atoms with Crippen LogP contribution in [0.5, 0.6) is 0 Å². The van der Waals surface area contributed by atoms with Crippen LogP contribution < -0.4 is 0 Å². The summed E-state index contributed by atoms with van der Waals surface area (Å²) in [5.74, 6) is 0.269. The van der Waals surface area contributed by atoms with Crippen molar-refractivity contribution >= 4 is 12.3 Å². The summed E-state index contributed by atoms with van der Waals surface area (Å²) in [5, 5.41) is 0. The summed E-state index contributed by atoms with van der Waals surface area (Å²) in [6.45, 7) is 1.32. The zero-order valence-corrected chi connectivity index (χ0v) is 8.12. The van der Waals surface area contributed by atoms with Crippen LogP contribution in [0.25, 0.3) is 0 Å². The van der Waals surface area contributed by atoms with Crippen molar-refractivity contribution in [1.82, 2.24) is 9.80 Å². The molecule has 0 aromatic carbocycles. The van der Waals surface area contributed by atoms with Crippen LogP contribution in [0, 0.1) is 5.92 Å². The molecule has 1 aliphatic heterocycles. The summed E-state index contributed by atoms with van der Waals surface area (Å²) in [7, 11) is 3.53. The van der Waals surface area contributed by atoms with Gasteiger partial charge in [0, 0.05) is 33.1 Å². The Morgan fingerprint density at radius 2 is 1.92 bits per heavy atom. The molecule has 4 heteroatoms. The third-order valence-electron chi connectivity index (χ3n) is 2.41. The molecule has 1 aliphatic rings. The van der Waals surface area contributed by atoms with Gasteiger partial charge >= 0.3 is 6.41 Å².